The van der Waals surface area contributed by atoms with E-state index in [1.54, 1.807) is 31.6 Å². The molecule has 2 heterocycles. The van der Waals surface area contributed by atoms with Crippen molar-refractivity contribution in [3.63, 3.8) is 0 Å². The molecule has 2 rings (SSSR count). The van der Waals surface area contributed by atoms with E-state index in [0.29, 0.717) is 12.2 Å². The third-order valence-electron chi connectivity index (χ3n) is 3.20. The molecule has 0 aliphatic heterocycles. The SMILES string of the molecule is CN(Cc1ccncc1)S(=O)(=O)c1cn[nH]c1C(C)(C)C. The summed E-state index contributed by atoms with van der Waals surface area (Å²) in [6.07, 6.45) is 4.67. The van der Waals surface area contributed by atoms with Crippen LogP contribution in [0.1, 0.15) is 32.0 Å². The van der Waals surface area contributed by atoms with Crippen molar-refractivity contribution in [1.82, 2.24) is 19.5 Å². The first kappa shape index (κ1) is 15.7. The van der Waals surface area contributed by atoms with Crippen molar-refractivity contribution in [2.45, 2.75) is 37.6 Å². The maximum atomic E-state index is 12.7. The summed E-state index contributed by atoms with van der Waals surface area (Å²) in [5, 5.41) is 6.71. The number of nitrogens with zero attached hydrogens (tertiary/aromatic N) is 3. The Morgan fingerprint density at radius 1 is 1.24 bits per heavy atom. The summed E-state index contributed by atoms with van der Waals surface area (Å²) >= 11 is 0. The Bertz CT molecular complexity index is 702. The van der Waals surface area contributed by atoms with E-state index in [4.69, 9.17) is 0 Å². The van der Waals surface area contributed by atoms with Crippen molar-refractivity contribution in [2.75, 3.05) is 7.05 Å². The first-order chi connectivity index (χ1) is 9.73. The second-order valence-corrected chi connectivity index (χ2v) is 7.99. The van der Waals surface area contributed by atoms with Crippen LogP contribution in [0.15, 0.2) is 35.6 Å². The van der Waals surface area contributed by atoms with E-state index in [1.165, 1.54) is 10.5 Å². The molecule has 0 bridgehead atoms. The fourth-order valence-corrected chi connectivity index (χ4v) is 3.46. The van der Waals surface area contributed by atoms with Crippen LogP contribution in [0, 0.1) is 0 Å². The number of hydrogen-bond donors (Lipinski definition) is 1. The number of pyridine rings is 1. The van der Waals surface area contributed by atoms with E-state index >= 15 is 0 Å². The highest BCUT2D eigenvalue weighted by molar-refractivity contribution is 7.89. The summed E-state index contributed by atoms with van der Waals surface area (Å²) < 4.78 is 26.8. The highest BCUT2D eigenvalue weighted by Gasteiger charge is 2.30. The minimum atomic E-state index is -3.59. The van der Waals surface area contributed by atoms with Crippen molar-refractivity contribution >= 4 is 10.0 Å². The Morgan fingerprint density at radius 3 is 2.43 bits per heavy atom. The van der Waals surface area contributed by atoms with Crippen molar-refractivity contribution < 1.29 is 8.42 Å². The first-order valence-electron chi connectivity index (χ1n) is 6.62. The van der Waals surface area contributed by atoms with Gasteiger partial charge in [-0.05, 0) is 17.7 Å². The lowest BCUT2D eigenvalue weighted by molar-refractivity contribution is 0.461. The largest absolute Gasteiger partial charge is 0.281 e. The fourth-order valence-electron chi connectivity index (χ4n) is 2.01. The summed E-state index contributed by atoms with van der Waals surface area (Å²) in [5.74, 6) is 0. The van der Waals surface area contributed by atoms with Crippen LogP contribution < -0.4 is 0 Å². The van der Waals surface area contributed by atoms with Gasteiger partial charge in [-0.15, -0.1) is 0 Å². The summed E-state index contributed by atoms with van der Waals surface area (Å²) in [6, 6.07) is 3.60. The first-order valence-corrected chi connectivity index (χ1v) is 8.06. The molecule has 21 heavy (non-hydrogen) atoms. The van der Waals surface area contributed by atoms with Crippen molar-refractivity contribution in [1.29, 1.82) is 0 Å². The van der Waals surface area contributed by atoms with Crippen LogP contribution in [0.2, 0.25) is 0 Å². The molecule has 0 atom stereocenters. The molecule has 0 spiro atoms. The summed E-state index contributed by atoms with van der Waals surface area (Å²) in [6.45, 7) is 6.13. The molecule has 0 aliphatic rings. The van der Waals surface area contributed by atoms with Crippen LogP contribution in [-0.2, 0) is 22.0 Å². The third-order valence-corrected chi connectivity index (χ3v) is 5.01. The molecule has 0 aromatic carbocycles. The van der Waals surface area contributed by atoms with E-state index in [9.17, 15) is 8.42 Å². The van der Waals surface area contributed by atoms with E-state index in [1.807, 2.05) is 20.8 Å². The third kappa shape index (κ3) is 3.30. The topological polar surface area (TPSA) is 79.0 Å². The zero-order valence-corrected chi connectivity index (χ0v) is 13.5. The highest BCUT2D eigenvalue weighted by atomic mass is 32.2. The molecule has 0 amide bonds. The van der Waals surface area contributed by atoms with Crippen molar-refractivity contribution in [3.8, 4) is 0 Å². The average molecular weight is 308 g/mol. The van der Waals surface area contributed by atoms with Gasteiger partial charge in [0.25, 0.3) is 0 Å². The number of hydrogen-bond acceptors (Lipinski definition) is 4. The monoisotopic (exact) mass is 308 g/mol. The maximum Gasteiger partial charge on any atom is 0.246 e. The predicted octanol–water partition coefficient (Wildman–Crippen LogP) is 1.92. The number of rotatable bonds is 4. The number of sulfonamides is 1. The molecular weight excluding hydrogens is 288 g/mol. The van der Waals surface area contributed by atoms with Crippen LogP contribution in [0.4, 0.5) is 0 Å². The Kier molecular flexibility index (Phi) is 4.15. The minimum Gasteiger partial charge on any atom is -0.281 e. The molecule has 0 unspecified atom stereocenters. The molecule has 114 valence electrons. The van der Waals surface area contributed by atoms with Crippen LogP contribution in [0.5, 0.6) is 0 Å². The number of aromatic amines is 1. The highest BCUT2D eigenvalue weighted by Crippen LogP contribution is 2.28. The lowest BCUT2D eigenvalue weighted by Crippen LogP contribution is -2.28. The molecule has 6 nitrogen and oxygen atoms in total. The van der Waals surface area contributed by atoms with Crippen LogP contribution in [0.25, 0.3) is 0 Å². The van der Waals surface area contributed by atoms with Gasteiger partial charge in [-0.3, -0.25) is 10.1 Å². The zero-order chi connectivity index (χ0) is 15.7. The quantitative estimate of drug-likeness (QED) is 0.936. The fraction of sp³-hybridized carbons (Fsp3) is 0.429. The molecule has 0 aliphatic carbocycles. The van der Waals surface area contributed by atoms with Crippen LogP contribution >= 0.6 is 0 Å². The molecule has 0 fully saturated rings. The van der Waals surface area contributed by atoms with Crippen LogP contribution in [0.3, 0.4) is 0 Å². The van der Waals surface area contributed by atoms with E-state index in [2.05, 4.69) is 15.2 Å². The van der Waals surface area contributed by atoms with Gasteiger partial charge in [0, 0.05) is 31.4 Å². The van der Waals surface area contributed by atoms with Gasteiger partial charge < -0.3 is 0 Å². The molecule has 1 N–H and O–H groups in total. The van der Waals surface area contributed by atoms with Crippen molar-refractivity contribution in [3.05, 3.63) is 42.0 Å². The lowest BCUT2D eigenvalue weighted by atomic mass is 9.92. The summed E-state index contributed by atoms with van der Waals surface area (Å²) in [7, 11) is -2.02. The summed E-state index contributed by atoms with van der Waals surface area (Å²) in [5.41, 5.74) is 1.18. The van der Waals surface area contributed by atoms with Crippen LogP contribution in [-0.4, -0.2) is 35.0 Å². The normalized spacial score (nSPS) is 12.8. The lowest BCUT2D eigenvalue weighted by Gasteiger charge is -2.21. The van der Waals surface area contributed by atoms with Gasteiger partial charge in [0.15, 0.2) is 0 Å². The minimum absolute atomic E-state index is 0.228. The zero-order valence-electron chi connectivity index (χ0n) is 12.7. The van der Waals surface area contributed by atoms with E-state index in [0.717, 1.165) is 5.56 Å². The van der Waals surface area contributed by atoms with Gasteiger partial charge in [-0.2, -0.15) is 9.40 Å². The van der Waals surface area contributed by atoms with Gasteiger partial charge in [-0.1, -0.05) is 20.8 Å². The standard InChI is InChI=1S/C14H20N4O2S/c1-14(2,3)13-12(9-16-17-13)21(19,20)18(4)10-11-5-7-15-8-6-11/h5-9H,10H2,1-4H3,(H,16,17). The summed E-state index contributed by atoms with van der Waals surface area (Å²) in [4.78, 5) is 4.16. The predicted molar refractivity (Wildman–Crippen MR) is 80.2 cm³/mol. The van der Waals surface area contributed by atoms with Gasteiger partial charge in [0.05, 0.1) is 11.9 Å². The molecule has 2 aromatic rings. The number of H-pyrrole nitrogens is 1. The van der Waals surface area contributed by atoms with Gasteiger partial charge in [0.1, 0.15) is 4.90 Å². The van der Waals surface area contributed by atoms with Gasteiger partial charge >= 0.3 is 0 Å². The van der Waals surface area contributed by atoms with Gasteiger partial charge in [0.2, 0.25) is 10.0 Å². The Morgan fingerprint density at radius 2 is 1.86 bits per heavy atom. The number of nitrogens with one attached hydrogen (secondary N) is 1. The molecule has 2 aromatic heterocycles. The molecule has 0 radical (unpaired) electrons. The Hall–Kier alpha value is -1.73. The smallest absolute Gasteiger partial charge is 0.246 e. The molecule has 0 saturated heterocycles. The Labute approximate surface area is 125 Å². The molecular formula is C14H20N4O2S. The van der Waals surface area contributed by atoms with Crippen molar-refractivity contribution in [2.24, 2.45) is 0 Å². The molecule has 7 heteroatoms. The van der Waals surface area contributed by atoms with Gasteiger partial charge in [-0.25, -0.2) is 8.42 Å². The Balaban J connectivity index is 2.32. The van der Waals surface area contributed by atoms with E-state index in [-0.39, 0.29) is 10.3 Å². The average Bonchev–Trinajstić information content (AvgIpc) is 2.89. The second kappa shape index (κ2) is 5.57. The van der Waals surface area contributed by atoms with E-state index < -0.39 is 10.0 Å². The second-order valence-electron chi connectivity index (χ2n) is 5.98. The molecule has 0 saturated carbocycles. The maximum absolute atomic E-state index is 12.7. The number of aromatic nitrogens is 3.